The number of likely N-dealkylation sites (N-methyl/N-ethyl adjacent to an activating group) is 1. The van der Waals surface area contributed by atoms with Crippen LogP contribution in [0.5, 0.6) is 0 Å². The summed E-state index contributed by atoms with van der Waals surface area (Å²) in [5.74, 6) is 0.952. The summed E-state index contributed by atoms with van der Waals surface area (Å²) in [5, 5.41) is 6.86. The van der Waals surface area contributed by atoms with E-state index in [1.807, 2.05) is 0 Å². The van der Waals surface area contributed by atoms with E-state index < -0.39 is 0 Å². The number of piperazine rings is 1. The van der Waals surface area contributed by atoms with Gasteiger partial charge in [-0.3, -0.25) is 14.8 Å². The van der Waals surface area contributed by atoms with Crippen molar-refractivity contribution in [3.05, 3.63) is 0 Å². The van der Waals surface area contributed by atoms with Gasteiger partial charge in [-0.2, -0.15) is 0 Å². The molecule has 1 unspecified atom stereocenters. The van der Waals surface area contributed by atoms with Crippen molar-refractivity contribution in [2.45, 2.75) is 33.2 Å². The quantitative estimate of drug-likeness (QED) is 0.214. The van der Waals surface area contributed by atoms with Crippen LogP contribution in [0, 0.1) is 0 Å². The molecule has 2 aliphatic heterocycles. The fraction of sp³-hybridized carbons (Fsp3) is 0.947. The van der Waals surface area contributed by atoms with Gasteiger partial charge in [-0.1, -0.05) is 6.92 Å². The molecule has 0 amide bonds. The largest absolute Gasteiger partial charge is 0.379 e. The summed E-state index contributed by atoms with van der Waals surface area (Å²) in [7, 11) is 0. The minimum atomic E-state index is 0. The van der Waals surface area contributed by atoms with Crippen LogP contribution in [0.15, 0.2) is 4.99 Å². The standard InChI is InChI=1S/C19H40N6O.HI/c1-4-20-19(21-7-6-8-24-13-15-26-16-14-24)22-17-18(3)25-11-9-23(5-2)10-12-25;/h18H,4-17H2,1-3H3,(H2,20,21,22);1H. The van der Waals surface area contributed by atoms with Crippen LogP contribution in [-0.2, 0) is 4.74 Å². The summed E-state index contributed by atoms with van der Waals surface area (Å²) in [6.45, 7) is 20.3. The van der Waals surface area contributed by atoms with Crippen LogP contribution in [-0.4, -0.2) is 112 Å². The van der Waals surface area contributed by atoms with Crippen molar-refractivity contribution < 1.29 is 4.74 Å². The summed E-state index contributed by atoms with van der Waals surface area (Å²) >= 11 is 0. The SMILES string of the molecule is CCNC(=NCC(C)N1CCN(CC)CC1)NCCCN1CCOCC1.I. The minimum absolute atomic E-state index is 0. The lowest BCUT2D eigenvalue weighted by Crippen LogP contribution is -2.50. The molecule has 0 aromatic heterocycles. The van der Waals surface area contributed by atoms with Crippen LogP contribution in [0.2, 0.25) is 0 Å². The molecule has 0 radical (unpaired) electrons. The molecule has 7 nitrogen and oxygen atoms in total. The zero-order chi connectivity index (χ0) is 18.6. The van der Waals surface area contributed by atoms with Gasteiger partial charge in [-0.25, -0.2) is 0 Å². The molecule has 0 aliphatic carbocycles. The number of nitrogens with zero attached hydrogens (tertiary/aromatic N) is 4. The zero-order valence-electron chi connectivity index (χ0n) is 17.6. The van der Waals surface area contributed by atoms with E-state index in [1.54, 1.807) is 0 Å². The van der Waals surface area contributed by atoms with E-state index in [2.05, 4.69) is 46.1 Å². The van der Waals surface area contributed by atoms with Crippen molar-refractivity contribution in [3.63, 3.8) is 0 Å². The molecule has 2 N–H and O–H groups in total. The van der Waals surface area contributed by atoms with Gasteiger partial charge in [-0.05, 0) is 33.4 Å². The molecule has 160 valence electrons. The highest BCUT2D eigenvalue weighted by molar-refractivity contribution is 14.0. The Balaban J connectivity index is 0.00000364. The summed E-state index contributed by atoms with van der Waals surface area (Å²) < 4.78 is 5.40. The predicted octanol–water partition coefficient (Wildman–Crippen LogP) is 0.908. The van der Waals surface area contributed by atoms with Crippen LogP contribution in [0.3, 0.4) is 0 Å². The third-order valence-corrected chi connectivity index (χ3v) is 5.38. The van der Waals surface area contributed by atoms with E-state index in [1.165, 1.54) is 19.6 Å². The van der Waals surface area contributed by atoms with E-state index in [0.29, 0.717) is 6.04 Å². The van der Waals surface area contributed by atoms with Crippen LogP contribution in [0.4, 0.5) is 0 Å². The smallest absolute Gasteiger partial charge is 0.191 e. The third kappa shape index (κ3) is 9.74. The molecule has 2 aliphatic rings. The fourth-order valence-corrected chi connectivity index (χ4v) is 3.54. The molecular weight excluding hydrogens is 455 g/mol. The van der Waals surface area contributed by atoms with E-state index in [9.17, 15) is 0 Å². The molecule has 8 heteroatoms. The van der Waals surface area contributed by atoms with Crippen molar-refractivity contribution in [3.8, 4) is 0 Å². The molecule has 0 aromatic rings. The zero-order valence-corrected chi connectivity index (χ0v) is 19.9. The Kier molecular flexibility index (Phi) is 13.6. The lowest BCUT2D eigenvalue weighted by atomic mass is 10.2. The molecule has 1 atom stereocenters. The van der Waals surface area contributed by atoms with Crippen molar-refractivity contribution in [2.75, 3.05) is 85.2 Å². The Labute approximate surface area is 183 Å². The number of ether oxygens (including phenoxy) is 1. The normalized spacial score (nSPS) is 21.5. The first kappa shape index (κ1) is 24.9. The minimum Gasteiger partial charge on any atom is -0.379 e. The molecule has 0 aromatic carbocycles. The number of rotatable bonds is 9. The Morgan fingerprint density at radius 2 is 1.70 bits per heavy atom. The Morgan fingerprint density at radius 3 is 2.33 bits per heavy atom. The number of hydrogen-bond acceptors (Lipinski definition) is 5. The Morgan fingerprint density at radius 1 is 1.00 bits per heavy atom. The van der Waals surface area contributed by atoms with Gasteiger partial charge in [0.1, 0.15) is 0 Å². The summed E-state index contributed by atoms with van der Waals surface area (Å²) in [5.41, 5.74) is 0. The second kappa shape index (κ2) is 14.8. The Bertz CT molecular complexity index is 398. The molecular formula is C19H41IN6O. The van der Waals surface area contributed by atoms with Crippen LogP contribution in [0.1, 0.15) is 27.2 Å². The molecule has 27 heavy (non-hydrogen) atoms. The van der Waals surface area contributed by atoms with E-state index in [4.69, 9.17) is 9.73 Å². The molecule has 0 saturated carbocycles. The van der Waals surface area contributed by atoms with E-state index in [-0.39, 0.29) is 24.0 Å². The van der Waals surface area contributed by atoms with Crippen LogP contribution >= 0.6 is 24.0 Å². The first-order chi connectivity index (χ1) is 12.7. The van der Waals surface area contributed by atoms with Gasteiger partial charge in [-0.15, -0.1) is 24.0 Å². The monoisotopic (exact) mass is 496 g/mol. The number of halogens is 1. The highest BCUT2D eigenvalue weighted by Gasteiger charge is 2.19. The van der Waals surface area contributed by atoms with Crippen LogP contribution in [0.25, 0.3) is 0 Å². The number of hydrogen-bond donors (Lipinski definition) is 2. The van der Waals surface area contributed by atoms with Crippen molar-refractivity contribution in [1.29, 1.82) is 0 Å². The first-order valence-corrected chi connectivity index (χ1v) is 10.5. The van der Waals surface area contributed by atoms with Crippen molar-refractivity contribution in [1.82, 2.24) is 25.3 Å². The third-order valence-electron chi connectivity index (χ3n) is 5.38. The predicted molar refractivity (Wildman–Crippen MR) is 124 cm³/mol. The van der Waals surface area contributed by atoms with Crippen LogP contribution < -0.4 is 10.6 Å². The molecule has 2 saturated heterocycles. The second-order valence-electron chi connectivity index (χ2n) is 7.27. The van der Waals surface area contributed by atoms with Gasteiger partial charge < -0.3 is 20.3 Å². The van der Waals surface area contributed by atoms with Gasteiger partial charge in [0.25, 0.3) is 0 Å². The number of morpholine rings is 1. The lowest BCUT2D eigenvalue weighted by Gasteiger charge is -2.37. The maximum absolute atomic E-state index is 5.40. The van der Waals surface area contributed by atoms with Gasteiger partial charge >= 0.3 is 0 Å². The summed E-state index contributed by atoms with van der Waals surface area (Å²) in [4.78, 5) is 12.4. The molecule has 0 spiro atoms. The van der Waals surface area contributed by atoms with Crippen molar-refractivity contribution >= 4 is 29.9 Å². The first-order valence-electron chi connectivity index (χ1n) is 10.5. The lowest BCUT2D eigenvalue weighted by molar-refractivity contribution is 0.0376. The summed E-state index contributed by atoms with van der Waals surface area (Å²) in [6, 6.07) is 0.498. The summed E-state index contributed by atoms with van der Waals surface area (Å²) in [6.07, 6.45) is 1.14. The average molecular weight is 496 g/mol. The van der Waals surface area contributed by atoms with Gasteiger partial charge in [0, 0.05) is 58.4 Å². The number of guanidine groups is 1. The fourth-order valence-electron chi connectivity index (χ4n) is 3.54. The number of nitrogens with one attached hydrogen (secondary N) is 2. The molecule has 0 bridgehead atoms. The van der Waals surface area contributed by atoms with Gasteiger partial charge in [0.05, 0.1) is 19.8 Å². The van der Waals surface area contributed by atoms with E-state index >= 15 is 0 Å². The molecule has 2 rings (SSSR count). The second-order valence-corrected chi connectivity index (χ2v) is 7.27. The van der Waals surface area contributed by atoms with Crippen molar-refractivity contribution in [2.24, 2.45) is 4.99 Å². The highest BCUT2D eigenvalue weighted by atomic mass is 127. The molecule has 2 heterocycles. The maximum atomic E-state index is 5.40. The average Bonchev–Trinajstić information content (AvgIpc) is 2.70. The number of aliphatic imine (C=N–C) groups is 1. The van der Waals surface area contributed by atoms with Gasteiger partial charge in [0.15, 0.2) is 5.96 Å². The highest BCUT2D eigenvalue weighted by Crippen LogP contribution is 2.06. The molecule has 2 fully saturated rings. The van der Waals surface area contributed by atoms with E-state index in [0.717, 1.165) is 78.0 Å². The Hall–Kier alpha value is -0.160. The maximum Gasteiger partial charge on any atom is 0.191 e. The van der Waals surface area contributed by atoms with Gasteiger partial charge in [0.2, 0.25) is 0 Å². The topological polar surface area (TPSA) is 55.4 Å².